The van der Waals surface area contributed by atoms with Crippen LogP contribution in [0.5, 0.6) is 17.2 Å². The zero-order valence-electron chi connectivity index (χ0n) is 19.8. The van der Waals surface area contributed by atoms with Crippen molar-refractivity contribution in [2.75, 3.05) is 13.2 Å². The van der Waals surface area contributed by atoms with Gasteiger partial charge in [0.25, 0.3) is 0 Å². The Morgan fingerprint density at radius 1 is 0.946 bits per heavy atom. The van der Waals surface area contributed by atoms with Gasteiger partial charge in [-0.1, -0.05) is 42.5 Å². The fourth-order valence-corrected chi connectivity index (χ4v) is 4.26. The Bertz CT molecular complexity index is 1730. The second-order valence-corrected chi connectivity index (χ2v) is 8.24. The lowest BCUT2D eigenvalue weighted by atomic mass is 10.1. The van der Waals surface area contributed by atoms with Crippen molar-refractivity contribution in [3.63, 3.8) is 0 Å². The molecule has 1 aromatic heterocycles. The summed E-state index contributed by atoms with van der Waals surface area (Å²) in [5.74, 6) is 1.20. The Morgan fingerprint density at radius 3 is 2.46 bits per heavy atom. The molecule has 2 N–H and O–H groups in total. The lowest BCUT2D eigenvalue weighted by Gasteiger charge is -2.14. The SMILES string of the molecule is N#Cc1ccc2c(Oc3ccccc3OCCn3c(=O)n(/C([O-])=C\CN)c4ccccc43)cccc2c1. The first kappa shape index (κ1) is 23.7. The largest absolute Gasteiger partial charge is 0.860 e. The molecule has 0 aliphatic heterocycles. The van der Waals surface area contributed by atoms with Crippen LogP contribution >= 0.6 is 0 Å². The second kappa shape index (κ2) is 10.3. The standard InChI is InChI=1S/C29H24N4O4/c30-15-14-28(34)33-24-8-2-1-7-23(24)32(29(33)35)16-17-36-26-9-3-4-10-27(26)37-25-11-5-6-21-18-20(19-31)12-13-22(21)25/h1-14,18,34H,15-17,30H2/p-1/b28-14+. The highest BCUT2D eigenvalue weighted by molar-refractivity contribution is 5.89. The van der Waals surface area contributed by atoms with E-state index < -0.39 is 11.6 Å². The van der Waals surface area contributed by atoms with E-state index in [1.165, 1.54) is 10.6 Å². The van der Waals surface area contributed by atoms with Crippen LogP contribution in [0.3, 0.4) is 0 Å². The number of fused-ring (bicyclic) bond motifs is 2. The number of benzene rings is 4. The average Bonchev–Trinajstić information content (AvgIpc) is 3.20. The number of nitriles is 1. The Labute approximate surface area is 212 Å². The van der Waals surface area contributed by atoms with Crippen LogP contribution in [0.15, 0.2) is 95.8 Å². The number of nitrogens with zero attached hydrogens (tertiary/aromatic N) is 3. The van der Waals surface area contributed by atoms with E-state index in [2.05, 4.69) is 6.07 Å². The summed E-state index contributed by atoms with van der Waals surface area (Å²) in [6.07, 6.45) is 1.27. The molecule has 0 bridgehead atoms. The highest BCUT2D eigenvalue weighted by atomic mass is 16.5. The van der Waals surface area contributed by atoms with Gasteiger partial charge in [0.05, 0.1) is 29.2 Å². The highest BCUT2D eigenvalue weighted by Gasteiger charge is 2.14. The maximum absolute atomic E-state index is 13.1. The van der Waals surface area contributed by atoms with Crippen molar-refractivity contribution in [1.82, 2.24) is 9.13 Å². The zero-order chi connectivity index (χ0) is 25.8. The van der Waals surface area contributed by atoms with E-state index in [-0.39, 0.29) is 19.7 Å². The van der Waals surface area contributed by atoms with E-state index in [9.17, 15) is 15.2 Å². The molecule has 0 saturated carbocycles. The molecule has 0 fully saturated rings. The molecule has 0 atom stereocenters. The van der Waals surface area contributed by atoms with Crippen molar-refractivity contribution in [1.29, 1.82) is 5.26 Å². The topological polar surface area (TPSA) is 118 Å². The van der Waals surface area contributed by atoms with Crippen LogP contribution in [0.1, 0.15) is 5.56 Å². The molecular formula is C29H23N4O4-. The minimum atomic E-state index is -0.459. The van der Waals surface area contributed by atoms with Crippen LogP contribution in [0.25, 0.3) is 27.7 Å². The summed E-state index contributed by atoms with van der Waals surface area (Å²) < 4.78 is 14.9. The summed E-state index contributed by atoms with van der Waals surface area (Å²) in [6.45, 7) is 0.437. The number of imidazole rings is 1. The Morgan fingerprint density at radius 2 is 1.68 bits per heavy atom. The molecule has 8 heteroatoms. The monoisotopic (exact) mass is 491 g/mol. The normalized spacial score (nSPS) is 11.5. The molecule has 0 unspecified atom stereocenters. The summed E-state index contributed by atoms with van der Waals surface area (Å²) in [4.78, 5) is 13.1. The van der Waals surface area contributed by atoms with Crippen LogP contribution in [-0.2, 0) is 6.54 Å². The van der Waals surface area contributed by atoms with Gasteiger partial charge in [0.1, 0.15) is 12.4 Å². The molecule has 0 amide bonds. The third-order valence-electron chi connectivity index (χ3n) is 5.96. The quantitative estimate of drug-likeness (QED) is 0.330. The molecule has 5 aromatic rings. The van der Waals surface area contributed by atoms with Crippen LogP contribution in [0.2, 0.25) is 0 Å². The number of hydrogen-bond donors (Lipinski definition) is 1. The molecular weight excluding hydrogens is 468 g/mol. The minimum Gasteiger partial charge on any atom is -0.860 e. The van der Waals surface area contributed by atoms with E-state index in [1.54, 1.807) is 36.4 Å². The van der Waals surface area contributed by atoms with Crippen LogP contribution < -0.4 is 26.0 Å². The Balaban J connectivity index is 1.39. The molecule has 5 rings (SSSR count). The predicted molar refractivity (Wildman–Crippen MR) is 140 cm³/mol. The molecule has 1 heterocycles. The summed E-state index contributed by atoms with van der Waals surface area (Å²) in [5, 5.41) is 23.4. The van der Waals surface area contributed by atoms with E-state index >= 15 is 0 Å². The number of hydrogen-bond acceptors (Lipinski definition) is 6. The van der Waals surface area contributed by atoms with Gasteiger partial charge in [0, 0.05) is 11.9 Å². The summed E-state index contributed by atoms with van der Waals surface area (Å²) >= 11 is 0. The van der Waals surface area contributed by atoms with Gasteiger partial charge in [-0.3, -0.25) is 9.13 Å². The van der Waals surface area contributed by atoms with Crippen LogP contribution in [0.4, 0.5) is 0 Å². The molecule has 0 saturated heterocycles. The average molecular weight is 492 g/mol. The fourth-order valence-electron chi connectivity index (χ4n) is 4.26. The van der Waals surface area contributed by atoms with Gasteiger partial charge in [-0.05, 0) is 59.8 Å². The summed E-state index contributed by atoms with van der Waals surface area (Å²) in [7, 11) is 0. The maximum Gasteiger partial charge on any atom is 0.332 e. The lowest BCUT2D eigenvalue weighted by molar-refractivity contribution is -0.254. The van der Waals surface area contributed by atoms with Crippen molar-refractivity contribution >= 4 is 27.7 Å². The van der Waals surface area contributed by atoms with E-state index in [0.29, 0.717) is 33.8 Å². The number of aromatic nitrogens is 2. The molecule has 0 aliphatic carbocycles. The number of para-hydroxylation sites is 4. The predicted octanol–water partition coefficient (Wildman–Crippen LogP) is 3.82. The Kier molecular flexibility index (Phi) is 6.62. The minimum absolute atomic E-state index is 0.0425. The smallest absolute Gasteiger partial charge is 0.332 e. The number of ether oxygens (including phenoxy) is 2. The lowest BCUT2D eigenvalue weighted by Crippen LogP contribution is -2.29. The third kappa shape index (κ3) is 4.63. The molecule has 37 heavy (non-hydrogen) atoms. The zero-order valence-corrected chi connectivity index (χ0v) is 19.8. The van der Waals surface area contributed by atoms with Crippen molar-refractivity contribution in [3.05, 3.63) is 107 Å². The molecule has 0 spiro atoms. The Hall–Kier alpha value is -5.00. The van der Waals surface area contributed by atoms with E-state index in [4.69, 9.17) is 15.2 Å². The van der Waals surface area contributed by atoms with Crippen LogP contribution in [-0.4, -0.2) is 22.3 Å². The highest BCUT2D eigenvalue weighted by Crippen LogP contribution is 2.35. The van der Waals surface area contributed by atoms with Crippen LogP contribution in [0, 0.1) is 11.3 Å². The van der Waals surface area contributed by atoms with E-state index in [1.807, 2.05) is 48.5 Å². The molecule has 4 aromatic carbocycles. The molecule has 184 valence electrons. The fraction of sp³-hybridized carbons (Fsp3) is 0.103. The molecule has 0 radical (unpaired) electrons. The van der Waals surface area contributed by atoms with E-state index in [0.717, 1.165) is 15.3 Å². The van der Waals surface area contributed by atoms with Crippen molar-refractivity contribution in [3.8, 4) is 23.3 Å². The van der Waals surface area contributed by atoms with Gasteiger partial charge in [-0.2, -0.15) is 5.26 Å². The molecule has 0 aliphatic rings. The van der Waals surface area contributed by atoms with Gasteiger partial charge in [0.2, 0.25) is 0 Å². The van der Waals surface area contributed by atoms with Crippen molar-refractivity contribution in [2.45, 2.75) is 6.54 Å². The second-order valence-electron chi connectivity index (χ2n) is 8.24. The van der Waals surface area contributed by atoms with Gasteiger partial charge in [0.15, 0.2) is 11.5 Å². The number of nitrogens with two attached hydrogens (primary N) is 1. The first-order valence-corrected chi connectivity index (χ1v) is 11.7. The van der Waals surface area contributed by atoms with Gasteiger partial charge < -0.3 is 20.3 Å². The first-order chi connectivity index (χ1) is 18.1. The summed E-state index contributed by atoms with van der Waals surface area (Å²) in [6, 6.07) is 27.6. The maximum atomic E-state index is 13.1. The van der Waals surface area contributed by atoms with Gasteiger partial charge in [-0.15, -0.1) is 0 Å². The number of rotatable bonds is 8. The summed E-state index contributed by atoms with van der Waals surface area (Å²) in [5.41, 5.74) is 6.76. The van der Waals surface area contributed by atoms with Crippen molar-refractivity contribution in [2.24, 2.45) is 5.73 Å². The van der Waals surface area contributed by atoms with Gasteiger partial charge in [-0.25, -0.2) is 4.79 Å². The first-order valence-electron chi connectivity index (χ1n) is 11.7. The third-order valence-corrected chi connectivity index (χ3v) is 5.96. The van der Waals surface area contributed by atoms with Gasteiger partial charge >= 0.3 is 5.69 Å². The van der Waals surface area contributed by atoms with Crippen molar-refractivity contribution < 1.29 is 14.6 Å². The molecule has 8 nitrogen and oxygen atoms in total.